The molecule has 6 aromatic carbocycles. The highest BCUT2D eigenvalue weighted by Crippen LogP contribution is 2.36. The van der Waals surface area contributed by atoms with Crippen LogP contribution in [0.2, 0.25) is 0 Å². The third-order valence-electron chi connectivity index (χ3n) is 8.86. The quantitative estimate of drug-likeness (QED) is 0.138. The van der Waals surface area contributed by atoms with Gasteiger partial charge in [0.1, 0.15) is 0 Å². The van der Waals surface area contributed by atoms with Gasteiger partial charge in [-0.3, -0.25) is 20.2 Å². The van der Waals surface area contributed by atoms with E-state index in [4.69, 9.17) is 10.2 Å². The number of para-hydroxylation sites is 2. The van der Waals surface area contributed by atoms with E-state index in [-0.39, 0.29) is 34.3 Å². The van der Waals surface area contributed by atoms with E-state index in [9.17, 15) is 14.4 Å². The van der Waals surface area contributed by atoms with Crippen LogP contribution in [0.25, 0.3) is 33.9 Å². The minimum Gasteiger partial charge on any atom is -0.290 e. The molecule has 0 aliphatic rings. The molecule has 2 heterocycles. The largest absolute Gasteiger partial charge is 0.326 e. The Morgan fingerprint density at radius 2 is 0.685 bits per heavy atom. The molecule has 0 atom stereocenters. The molecule has 0 unspecified atom stereocenters. The van der Waals surface area contributed by atoms with Crippen LogP contribution in [0.4, 0.5) is 16.4 Å². The second-order valence-corrected chi connectivity index (χ2v) is 12.3. The third kappa shape index (κ3) is 6.60. The fourth-order valence-corrected chi connectivity index (χ4v) is 6.39. The number of carbonyl (C=O) groups is 3. The number of hydrogen-bond donors (Lipinski definition) is 2. The van der Waals surface area contributed by atoms with Crippen molar-refractivity contribution < 1.29 is 14.4 Å². The van der Waals surface area contributed by atoms with Gasteiger partial charge in [0.15, 0.2) is 23.2 Å². The van der Waals surface area contributed by atoms with Crippen LogP contribution >= 0.6 is 0 Å². The number of benzene rings is 6. The SMILES string of the molecule is O=C(Nc1nn(-c2ccccc2)c(-c2ccccc2)c1C(=O)c1ccccc1)Nc1nn(-c2ccccc2)c(-c2ccccc2)c1C(=O)c1ccccc1. The van der Waals surface area contributed by atoms with Crippen LogP contribution in [0, 0.1) is 0 Å². The summed E-state index contributed by atoms with van der Waals surface area (Å²) in [6.07, 6.45) is 0. The first-order chi connectivity index (χ1) is 26.6. The maximum absolute atomic E-state index is 14.4. The molecule has 0 aliphatic carbocycles. The molecule has 0 saturated carbocycles. The number of amides is 2. The van der Waals surface area contributed by atoms with Gasteiger partial charge in [-0.1, -0.05) is 158 Å². The molecule has 0 spiro atoms. The van der Waals surface area contributed by atoms with E-state index in [0.29, 0.717) is 33.9 Å². The summed E-state index contributed by atoms with van der Waals surface area (Å²) in [5.74, 6) is -0.588. The van der Waals surface area contributed by atoms with Gasteiger partial charge >= 0.3 is 6.03 Å². The van der Waals surface area contributed by atoms with E-state index in [1.54, 1.807) is 57.9 Å². The van der Waals surface area contributed by atoms with Gasteiger partial charge in [0.25, 0.3) is 0 Å². The van der Waals surface area contributed by atoms with Gasteiger partial charge in [0, 0.05) is 22.3 Å². The highest BCUT2D eigenvalue weighted by molar-refractivity contribution is 6.19. The van der Waals surface area contributed by atoms with Gasteiger partial charge in [-0.25, -0.2) is 14.2 Å². The van der Waals surface area contributed by atoms with Crippen molar-refractivity contribution in [3.8, 4) is 33.9 Å². The average molecular weight is 705 g/mol. The monoisotopic (exact) mass is 704 g/mol. The Morgan fingerprint density at radius 3 is 1.02 bits per heavy atom. The van der Waals surface area contributed by atoms with Gasteiger partial charge in [-0.15, -0.1) is 10.2 Å². The van der Waals surface area contributed by atoms with Gasteiger partial charge in [0.2, 0.25) is 0 Å². The van der Waals surface area contributed by atoms with Crippen molar-refractivity contribution in [3.63, 3.8) is 0 Å². The molecule has 0 aliphatic heterocycles. The Morgan fingerprint density at radius 1 is 0.389 bits per heavy atom. The Labute approximate surface area is 311 Å². The first-order valence-corrected chi connectivity index (χ1v) is 17.3. The second kappa shape index (κ2) is 14.9. The Bertz CT molecular complexity index is 2390. The summed E-state index contributed by atoms with van der Waals surface area (Å²) in [6.45, 7) is 0. The molecular weight excluding hydrogens is 673 g/mol. The van der Waals surface area contributed by atoms with Crippen molar-refractivity contribution in [3.05, 3.63) is 204 Å². The zero-order chi connectivity index (χ0) is 36.9. The van der Waals surface area contributed by atoms with Crippen molar-refractivity contribution in [2.45, 2.75) is 0 Å². The summed E-state index contributed by atoms with van der Waals surface area (Å²) in [5.41, 5.74) is 5.10. The smallest absolute Gasteiger partial charge is 0.290 e. The molecule has 0 fully saturated rings. The van der Waals surface area contributed by atoms with Crippen LogP contribution in [-0.2, 0) is 0 Å². The van der Waals surface area contributed by atoms with Crippen LogP contribution in [0.3, 0.4) is 0 Å². The molecule has 54 heavy (non-hydrogen) atoms. The molecule has 0 radical (unpaired) electrons. The number of rotatable bonds is 10. The molecule has 9 nitrogen and oxygen atoms in total. The predicted octanol–water partition coefficient (Wildman–Crippen LogP) is 9.50. The lowest BCUT2D eigenvalue weighted by atomic mass is 9.98. The van der Waals surface area contributed by atoms with Crippen molar-refractivity contribution in [2.24, 2.45) is 0 Å². The second-order valence-electron chi connectivity index (χ2n) is 12.3. The number of aromatic nitrogens is 4. The van der Waals surface area contributed by atoms with Crippen LogP contribution in [-0.4, -0.2) is 37.2 Å². The van der Waals surface area contributed by atoms with Gasteiger partial charge < -0.3 is 0 Å². The number of carbonyl (C=O) groups excluding carboxylic acids is 3. The molecule has 2 aromatic heterocycles. The Balaban J connectivity index is 1.28. The van der Waals surface area contributed by atoms with Crippen LogP contribution < -0.4 is 10.6 Å². The fourth-order valence-electron chi connectivity index (χ4n) is 6.39. The lowest BCUT2D eigenvalue weighted by Crippen LogP contribution is -2.23. The Hall–Kier alpha value is -7.65. The highest BCUT2D eigenvalue weighted by atomic mass is 16.2. The summed E-state index contributed by atoms with van der Waals surface area (Å²) in [7, 11) is 0. The maximum Gasteiger partial charge on any atom is 0.326 e. The molecular formula is C45H32N6O3. The van der Waals surface area contributed by atoms with E-state index in [1.165, 1.54) is 0 Å². The van der Waals surface area contributed by atoms with Gasteiger partial charge in [-0.05, 0) is 24.3 Å². The third-order valence-corrected chi connectivity index (χ3v) is 8.86. The van der Waals surface area contributed by atoms with E-state index >= 15 is 0 Å². The maximum atomic E-state index is 14.4. The van der Waals surface area contributed by atoms with Crippen molar-refractivity contribution in [1.82, 2.24) is 19.6 Å². The number of nitrogens with zero attached hydrogens (tertiary/aromatic N) is 4. The summed E-state index contributed by atoms with van der Waals surface area (Å²) in [6, 6.07) is 54.7. The molecule has 9 heteroatoms. The van der Waals surface area contributed by atoms with E-state index in [2.05, 4.69) is 10.6 Å². The number of anilines is 2. The minimum atomic E-state index is -0.742. The van der Waals surface area contributed by atoms with Crippen molar-refractivity contribution >= 4 is 29.2 Å². The minimum absolute atomic E-state index is 0.0331. The van der Waals surface area contributed by atoms with Crippen LogP contribution in [0.1, 0.15) is 31.8 Å². The van der Waals surface area contributed by atoms with Crippen LogP contribution in [0.5, 0.6) is 0 Å². The van der Waals surface area contributed by atoms with E-state index < -0.39 is 6.03 Å². The number of nitrogens with one attached hydrogen (secondary N) is 2. The number of urea groups is 1. The topological polar surface area (TPSA) is 111 Å². The standard InChI is InChI=1S/C45H32N6O3/c52-41(33-23-11-3-12-24-33)37-39(31-19-7-1-8-20-31)50(35-27-15-5-16-28-35)48-43(37)46-45(54)47-44-38(42(53)34-25-13-4-14-26-34)40(32-21-9-2-10-22-32)51(49-44)36-29-17-6-18-30-36/h1-30H,(H2,46,47,48,49,54). The molecule has 2 N–H and O–H groups in total. The fraction of sp³-hybridized carbons (Fsp3) is 0. The molecule has 2 amide bonds. The summed E-state index contributed by atoms with van der Waals surface area (Å²) in [4.78, 5) is 43.1. The average Bonchev–Trinajstić information content (AvgIpc) is 3.81. The molecule has 8 aromatic rings. The first kappa shape index (κ1) is 33.5. The van der Waals surface area contributed by atoms with Gasteiger partial charge in [0.05, 0.1) is 33.9 Å². The highest BCUT2D eigenvalue weighted by Gasteiger charge is 2.31. The zero-order valence-electron chi connectivity index (χ0n) is 28.8. The lowest BCUT2D eigenvalue weighted by molar-refractivity contribution is 0.103. The molecule has 260 valence electrons. The summed E-state index contributed by atoms with van der Waals surface area (Å²) < 4.78 is 3.31. The van der Waals surface area contributed by atoms with E-state index in [1.807, 2.05) is 133 Å². The summed E-state index contributed by atoms with van der Waals surface area (Å²) in [5, 5.41) is 15.4. The molecule has 8 rings (SSSR count). The van der Waals surface area contributed by atoms with Crippen molar-refractivity contribution in [2.75, 3.05) is 10.6 Å². The normalized spacial score (nSPS) is 10.8. The molecule has 0 bridgehead atoms. The van der Waals surface area contributed by atoms with Crippen molar-refractivity contribution in [1.29, 1.82) is 0 Å². The summed E-state index contributed by atoms with van der Waals surface area (Å²) >= 11 is 0. The Kier molecular flexibility index (Phi) is 9.25. The van der Waals surface area contributed by atoms with Crippen LogP contribution in [0.15, 0.2) is 182 Å². The number of hydrogen-bond acceptors (Lipinski definition) is 5. The predicted molar refractivity (Wildman–Crippen MR) is 210 cm³/mol. The number of ketones is 2. The first-order valence-electron chi connectivity index (χ1n) is 17.3. The zero-order valence-corrected chi connectivity index (χ0v) is 28.8. The van der Waals surface area contributed by atoms with E-state index in [0.717, 1.165) is 11.1 Å². The molecule has 0 saturated heterocycles. The van der Waals surface area contributed by atoms with Gasteiger partial charge in [-0.2, -0.15) is 0 Å². The lowest BCUT2D eigenvalue weighted by Gasteiger charge is -2.11.